The SMILES string of the molecule is C1=C2c3cccc4cccc(c34)C2NCN1. The topological polar surface area (TPSA) is 24.1 Å². The molecule has 0 radical (unpaired) electrons. The molecule has 2 N–H and O–H groups in total. The third kappa shape index (κ3) is 0.902. The summed E-state index contributed by atoms with van der Waals surface area (Å²) in [5, 5.41) is 9.52. The normalized spacial score (nSPS) is 21.5. The zero-order valence-electron chi connectivity index (χ0n) is 8.83. The molecule has 0 fully saturated rings. The lowest BCUT2D eigenvalue weighted by atomic mass is 10.0. The Morgan fingerprint density at radius 2 is 1.94 bits per heavy atom. The average molecular weight is 208 g/mol. The van der Waals surface area contributed by atoms with Crippen molar-refractivity contribution < 1.29 is 0 Å². The lowest BCUT2D eigenvalue weighted by Crippen LogP contribution is -2.33. The highest BCUT2D eigenvalue weighted by Gasteiger charge is 2.29. The van der Waals surface area contributed by atoms with E-state index in [9.17, 15) is 0 Å². The predicted molar refractivity (Wildman–Crippen MR) is 65.8 cm³/mol. The number of benzene rings is 2. The van der Waals surface area contributed by atoms with Crippen molar-refractivity contribution in [1.29, 1.82) is 0 Å². The molecule has 0 bridgehead atoms. The van der Waals surface area contributed by atoms with Crippen molar-refractivity contribution >= 4 is 16.3 Å². The molecule has 2 aromatic carbocycles. The second-order valence-corrected chi connectivity index (χ2v) is 4.37. The fraction of sp³-hybridized carbons (Fsp3) is 0.143. The van der Waals surface area contributed by atoms with Crippen molar-refractivity contribution in [3.8, 4) is 0 Å². The molecule has 1 atom stereocenters. The highest BCUT2D eigenvalue weighted by atomic mass is 15.1. The fourth-order valence-electron chi connectivity index (χ4n) is 2.88. The second kappa shape index (κ2) is 2.86. The summed E-state index contributed by atoms with van der Waals surface area (Å²) in [6.07, 6.45) is 2.15. The van der Waals surface area contributed by atoms with Crippen LogP contribution in [0, 0.1) is 0 Å². The molecule has 0 saturated heterocycles. The molecule has 78 valence electrons. The van der Waals surface area contributed by atoms with Gasteiger partial charge in [-0.3, -0.25) is 5.32 Å². The summed E-state index contributed by atoms with van der Waals surface area (Å²) in [7, 11) is 0. The molecule has 1 heterocycles. The van der Waals surface area contributed by atoms with Crippen molar-refractivity contribution in [2.24, 2.45) is 0 Å². The van der Waals surface area contributed by atoms with Crippen LogP contribution in [-0.2, 0) is 0 Å². The molecule has 1 unspecified atom stereocenters. The summed E-state index contributed by atoms with van der Waals surface area (Å²) in [5.74, 6) is 0. The molecular formula is C14H12N2. The van der Waals surface area contributed by atoms with E-state index >= 15 is 0 Å². The van der Waals surface area contributed by atoms with Gasteiger partial charge < -0.3 is 5.32 Å². The van der Waals surface area contributed by atoms with Gasteiger partial charge in [-0.25, -0.2) is 0 Å². The zero-order valence-corrected chi connectivity index (χ0v) is 8.83. The van der Waals surface area contributed by atoms with E-state index < -0.39 is 0 Å². The molecule has 2 aliphatic rings. The molecule has 2 aromatic rings. The van der Waals surface area contributed by atoms with Crippen LogP contribution in [0.25, 0.3) is 16.3 Å². The summed E-state index contributed by atoms with van der Waals surface area (Å²) in [5.41, 5.74) is 4.16. The van der Waals surface area contributed by atoms with Gasteiger partial charge >= 0.3 is 0 Å². The van der Waals surface area contributed by atoms with Crippen LogP contribution in [0.2, 0.25) is 0 Å². The van der Waals surface area contributed by atoms with Gasteiger partial charge in [0.15, 0.2) is 0 Å². The van der Waals surface area contributed by atoms with E-state index in [4.69, 9.17) is 0 Å². The lowest BCUT2D eigenvalue weighted by Gasteiger charge is -2.21. The van der Waals surface area contributed by atoms with E-state index in [0.717, 1.165) is 6.67 Å². The third-order valence-electron chi connectivity index (χ3n) is 3.54. The first kappa shape index (κ1) is 8.36. The van der Waals surface area contributed by atoms with Crippen molar-refractivity contribution in [2.75, 3.05) is 6.67 Å². The molecule has 2 nitrogen and oxygen atoms in total. The quantitative estimate of drug-likeness (QED) is 0.694. The lowest BCUT2D eigenvalue weighted by molar-refractivity contribution is 0.586. The van der Waals surface area contributed by atoms with Gasteiger partial charge in [0, 0.05) is 6.20 Å². The number of rotatable bonds is 0. The molecule has 16 heavy (non-hydrogen) atoms. The van der Waals surface area contributed by atoms with E-state index in [1.165, 1.54) is 27.5 Å². The summed E-state index contributed by atoms with van der Waals surface area (Å²) in [4.78, 5) is 0. The standard InChI is InChI=1S/C14H12N2/c1-3-9-4-2-6-11-13(9)10(5-1)12-7-15-8-16-14(11)12/h1-7,14-16H,8H2. The minimum absolute atomic E-state index is 0.377. The van der Waals surface area contributed by atoms with Crippen LogP contribution in [0.4, 0.5) is 0 Å². The maximum absolute atomic E-state index is 3.51. The van der Waals surface area contributed by atoms with Crippen molar-refractivity contribution in [2.45, 2.75) is 6.04 Å². The molecule has 0 spiro atoms. The van der Waals surface area contributed by atoms with Crippen LogP contribution in [0.15, 0.2) is 42.6 Å². The molecule has 0 amide bonds. The Kier molecular flexibility index (Phi) is 1.50. The monoisotopic (exact) mass is 208 g/mol. The Balaban J connectivity index is 2.16. The van der Waals surface area contributed by atoms with Crippen LogP contribution in [0.3, 0.4) is 0 Å². The number of fused-ring (bicyclic) bond motifs is 3. The van der Waals surface area contributed by atoms with Crippen LogP contribution in [0.1, 0.15) is 17.2 Å². The first-order valence-electron chi connectivity index (χ1n) is 5.64. The van der Waals surface area contributed by atoms with Gasteiger partial charge in [0.05, 0.1) is 12.7 Å². The maximum atomic E-state index is 3.51. The van der Waals surface area contributed by atoms with Gasteiger partial charge in [-0.2, -0.15) is 0 Å². The molecule has 0 saturated carbocycles. The molecule has 2 heteroatoms. The maximum Gasteiger partial charge on any atom is 0.0655 e. The Labute approximate surface area is 94.0 Å². The Morgan fingerprint density at radius 3 is 2.88 bits per heavy atom. The molecule has 1 aliphatic heterocycles. The van der Waals surface area contributed by atoms with Gasteiger partial charge in [-0.1, -0.05) is 36.4 Å². The summed E-state index contributed by atoms with van der Waals surface area (Å²) < 4.78 is 0. The fourth-order valence-corrected chi connectivity index (χ4v) is 2.88. The van der Waals surface area contributed by atoms with E-state index in [1.807, 2.05) is 0 Å². The zero-order chi connectivity index (χ0) is 10.5. The minimum Gasteiger partial charge on any atom is -0.378 e. The minimum atomic E-state index is 0.377. The second-order valence-electron chi connectivity index (χ2n) is 4.37. The van der Waals surface area contributed by atoms with Crippen molar-refractivity contribution in [3.05, 3.63) is 53.7 Å². The van der Waals surface area contributed by atoms with Gasteiger partial charge in [0.25, 0.3) is 0 Å². The Morgan fingerprint density at radius 1 is 1.06 bits per heavy atom. The van der Waals surface area contributed by atoms with Crippen LogP contribution in [-0.4, -0.2) is 6.67 Å². The predicted octanol–water partition coefficient (Wildman–Crippen LogP) is 2.39. The molecule has 4 rings (SSSR count). The summed E-state index contributed by atoms with van der Waals surface area (Å²) >= 11 is 0. The molecular weight excluding hydrogens is 196 g/mol. The number of hydrogen-bond acceptors (Lipinski definition) is 2. The highest BCUT2D eigenvalue weighted by molar-refractivity contribution is 6.03. The average Bonchev–Trinajstić information content (AvgIpc) is 2.68. The van der Waals surface area contributed by atoms with Crippen LogP contribution >= 0.6 is 0 Å². The molecule has 1 aliphatic carbocycles. The van der Waals surface area contributed by atoms with Crippen LogP contribution in [0.5, 0.6) is 0 Å². The summed E-state index contributed by atoms with van der Waals surface area (Å²) in [6.45, 7) is 0.846. The summed E-state index contributed by atoms with van der Waals surface area (Å²) in [6, 6.07) is 13.5. The Hall–Kier alpha value is -1.80. The van der Waals surface area contributed by atoms with E-state index in [0.29, 0.717) is 6.04 Å². The van der Waals surface area contributed by atoms with Gasteiger partial charge in [-0.05, 0) is 27.5 Å². The molecule has 0 aromatic heterocycles. The Bertz CT molecular complexity index is 608. The first-order valence-corrected chi connectivity index (χ1v) is 5.64. The van der Waals surface area contributed by atoms with E-state index in [1.54, 1.807) is 0 Å². The van der Waals surface area contributed by atoms with Crippen LogP contribution < -0.4 is 10.6 Å². The van der Waals surface area contributed by atoms with Gasteiger partial charge in [0.1, 0.15) is 0 Å². The van der Waals surface area contributed by atoms with Gasteiger partial charge in [0.2, 0.25) is 0 Å². The third-order valence-corrected chi connectivity index (χ3v) is 3.54. The van der Waals surface area contributed by atoms with E-state index in [2.05, 4.69) is 53.2 Å². The first-order chi connectivity index (χ1) is 7.95. The smallest absolute Gasteiger partial charge is 0.0655 e. The van der Waals surface area contributed by atoms with Crippen molar-refractivity contribution in [3.63, 3.8) is 0 Å². The van der Waals surface area contributed by atoms with E-state index in [-0.39, 0.29) is 0 Å². The number of hydrogen-bond donors (Lipinski definition) is 2. The highest BCUT2D eigenvalue weighted by Crippen LogP contribution is 2.44. The largest absolute Gasteiger partial charge is 0.378 e. The van der Waals surface area contributed by atoms with Gasteiger partial charge in [-0.15, -0.1) is 0 Å². The number of nitrogens with one attached hydrogen (secondary N) is 2. The van der Waals surface area contributed by atoms with Crippen molar-refractivity contribution in [1.82, 2.24) is 10.6 Å².